The van der Waals surface area contributed by atoms with Crippen LogP contribution in [0, 0.1) is 0 Å². The first-order valence-corrected chi connectivity index (χ1v) is 12.4. The Morgan fingerprint density at radius 2 is 1.83 bits per heavy atom. The molecule has 0 spiro atoms. The van der Waals surface area contributed by atoms with E-state index in [0.29, 0.717) is 18.7 Å². The number of carbonyl (C=O) groups excluding carboxylic acids is 1. The summed E-state index contributed by atoms with van der Waals surface area (Å²) in [6, 6.07) is 16.5. The molecule has 5 nitrogen and oxygen atoms in total. The van der Waals surface area contributed by atoms with Crippen LogP contribution in [0.25, 0.3) is 0 Å². The Morgan fingerprint density at radius 3 is 2.52 bits per heavy atom. The lowest BCUT2D eigenvalue weighted by molar-refractivity contribution is -0.113. The summed E-state index contributed by atoms with van der Waals surface area (Å²) in [6.45, 7) is 0.429. The Bertz CT molecular complexity index is 898. The van der Waals surface area contributed by atoms with E-state index in [9.17, 15) is 13.2 Å². The monoisotopic (exact) mass is 433 g/mol. The van der Waals surface area contributed by atoms with Crippen LogP contribution >= 0.6 is 11.8 Å². The van der Waals surface area contributed by atoms with Crippen molar-refractivity contribution in [1.82, 2.24) is 4.31 Å². The van der Waals surface area contributed by atoms with Crippen molar-refractivity contribution in [2.75, 3.05) is 19.4 Å². The normalized spacial score (nSPS) is 17.3. The topological polar surface area (TPSA) is 63.7 Å². The second kappa shape index (κ2) is 10.3. The first kappa shape index (κ1) is 21.9. The van der Waals surface area contributed by atoms with Crippen LogP contribution in [0.15, 0.2) is 54.6 Å². The summed E-state index contributed by atoms with van der Waals surface area (Å²) in [5.41, 5.74) is 1.95. The molecule has 1 atom stereocenters. The van der Waals surface area contributed by atoms with E-state index in [4.69, 9.17) is 4.74 Å². The van der Waals surface area contributed by atoms with E-state index in [1.807, 2.05) is 42.5 Å². The van der Waals surface area contributed by atoms with Crippen LogP contribution in [0.5, 0.6) is 5.75 Å². The molecule has 0 saturated carbocycles. The average Bonchev–Trinajstić information content (AvgIpc) is 3.23. The van der Waals surface area contributed by atoms with E-state index in [-0.39, 0.29) is 10.9 Å². The summed E-state index contributed by atoms with van der Waals surface area (Å²) in [4.78, 5) is 12.7. The largest absolute Gasteiger partial charge is 0.497 e. The van der Waals surface area contributed by atoms with Gasteiger partial charge in [-0.1, -0.05) is 54.2 Å². The Hall–Kier alpha value is -1.83. The minimum Gasteiger partial charge on any atom is -0.497 e. The maximum absolute atomic E-state index is 12.8. The van der Waals surface area contributed by atoms with Crippen LogP contribution < -0.4 is 4.74 Å². The van der Waals surface area contributed by atoms with Crippen molar-refractivity contribution >= 4 is 26.9 Å². The van der Waals surface area contributed by atoms with Crippen molar-refractivity contribution in [3.05, 3.63) is 65.7 Å². The van der Waals surface area contributed by atoms with Crippen LogP contribution in [0.4, 0.5) is 0 Å². The summed E-state index contributed by atoms with van der Waals surface area (Å²) in [7, 11) is -1.86. The van der Waals surface area contributed by atoms with Crippen LogP contribution in [0.3, 0.4) is 0 Å². The van der Waals surface area contributed by atoms with Gasteiger partial charge in [0.15, 0.2) is 0 Å². The van der Waals surface area contributed by atoms with Gasteiger partial charge in [0, 0.05) is 12.3 Å². The van der Waals surface area contributed by atoms with Gasteiger partial charge in [0.25, 0.3) is 0 Å². The van der Waals surface area contributed by atoms with Crippen LogP contribution in [-0.4, -0.2) is 43.3 Å². The number of hydrogen-bond acceptors (Lipinski definition) is 5. The van der Waals surface area contributed by atoms with E-state index in [1.165, 1.54) is 21.6 Å². The lowest BCUT2D eigenvalue weighted by Crippen LogP contribution is -2.40. The zero-order chi connectivity index (χ0) is 20.7. The Balaban J connectivity index is 1.50. The zero-order valence-corrected chi connectivity index (χ0v) is 18.3. The molecule has 29 heavy (non-hydrogen) atoms. The third-order valence-electron chi connectivity index (χ3n) is 5.04. The van der Waals surface area contributed by atoms with E-state index in [0.717, 1.165) is 30.6 Å². The van der Waals surface area contributed by atoms with Gasteiger partial charge in [-0.25, -0.2) is 8.42 Å². The summed E-state index contributed by atoms with van der Waals surface area (Å²) in [6.07, 6.45) is 3.09. The van der Waals surface area contributed by atoms with Gasteiger partial charge in [-0.15, -0.1) is 0 Å². The fourth-order valence-electron chi connectivity index (χ4n) is 3.51. The van der Waals surface area contributed by atoms with Crippen molar-refractivity contribution in [2.45, 2.75) is 37.5 Å². The van der Waals surface area contributed by atoms with Crippen LogP contribution in [-0.2, 0) is 27.0 Å². The maximum Gasteiger partial charge on any atom is 0.218 e. The quantitative estimate of drug-likeness (QED) is 0.562. The van der Waals surface area contributed by atoms with Gasteiger partial charge in [-0.2, -0.15) is 4.31 Å². The van der Waals surface area contributed by atoms with E-state index in [1.54, 1.807) is 19.2 Å². The molecule has 0 aliphatic carbocycles. The molecule has 1 aliphatic rings. The Labute approximate surface area is 177 Å². The number of rotatable bonds is 9. The van der Waals surface area contributed by atoms with Crippen molar-refractivity contribution < 1.29 is 17.9 Å². The molecule has 1 aliphatic heterocycles. The van der Waals surface area contributed by atoms with Gasteiger partial charge in [-0.05, 0) is 48.9 Å². The molecule has 1 fully saturated rings. The maximum atomic E-state index is 12.8. The molecule has 0 radical (unpaired) electrons. The van der Waals surface area contributed by atoms with Crippen molar-refractivity contribution in [3.8, 4) is 5.75 Å². The molecule has 0 aromatic heterocycles. The predicted octanol–water partition coefficient (Wildman–Crippen LogP) is 3.88. The predicted molar refractivity (Wildman–Crippen MR) is 118 cm³/mol. The molecule has 3 rings (SSSR count). The second-order valence-electron chi connectivity index (χ2n) is 7.13. The highest BCUT2D eigenvalue weighted by Crippen LogP contribution is 2.27. The summed E-state index contributed by atoms with van der Waals surface area (Å²) >= 11 is 1.26. The number of ether oxygens (including phenoxy) is 1. The fraction of sp³-hybridized carbons (Fsp3) is 0.409. The standard InChI is InChI=1S/C22H27NO4S2/c1-27-20-13-11-18(12-14-20)9-6-16-28-22(24)21-10-5-15-23(21)29(25,26)17-19-7-3-2-4-8-19/h2-4,7-8,11-14,21H,5-6,9-10,15-17H2,1H3. The SMILES string of the molecule is COc1ccc(CCCSC(=O)C2CCCN2S(=O)(=O)Cc2ccccc2)cc1. The second-order valence-corrected chi connectivity index (χ2v) is 10.2. The number of hydrogen-bond donors (Lipinski definition) is 0. The number of methoxy groups -OCH3 is 1. The van der Waals surface area contributed by atoms with E-state index >= 15 is 0 Å². The summed E-state index contributed by atoms with van der Waals surface area (Å²) in [5.74, 6) is 1.46. The van der Waals surface area contributed by atoms with Crippen molar-refractivity contribution in [1.29, 1.82) is 0 Å². The molecular formula is C22H27NO4S2. The highest BCUT2D eigenvalue weighted by Gasteiger charge is 2.38. The average molecular weight is 434 g/mol. The third kappa shape index (κ3) is 6.07. The van der Waals surface area contributed by atoms with Crippen LogP contribution in [0.1, 0.15) is 30.4 Å². The minimum absolute atomic E-state index is 0.0335. The van der Waals surface area contributed by atoms with E-state index in [2.05, 4.69) is 0 Å². The molecule has 2 aromatic rings. The van der Waals surface area contributed by atoms with Gasteiger partial charge < -0.3 is 4.74 Å². The van der Waals surface area contributed by atoms with Gasteiger partial charge in [0.05, 0.1) is 18.9 Å². The molecule has 0 amide bonds. The number of thioether (sulfide) groups is 1. The van der Waals surface area contributed by atoms with Crippen LogP contribution in [0.2, 0.25) is 0 Å². The lowest BCUT2D eigenvalue weighted by Gasteiger charge is -2.22. The number of carbonyl (C=O) groups is 1. The van der Waals surface area contributed by atoms with Gasteiger partial charge >= 0.3 is 0 Å². The smallest absolute Gasteiger partial charge is 0.218 e. The highest BCUT2D eigenvalue weighted by molar-refractivity contribution is 8.13. The molecule has 0 bridgehead atoms. The highest BCUT2D eigenvalue weighted by atomic mass is 32.2. The van der Waals surface area contributed by atoms with Gasteiger partial charge in [-0.3, -0.25) is 4.79 Å². The number of sulfonamides is 1. The molecule has 1 unspecified atom stereocenters. The van der Waals surface area contributed by atoms with Crippen molar-refractivity contribution in [3.63, 3.8) is 0 Å². The van der Waals surface area contributed by atoms with Gasteiger partial charge in [0.2, 0.25) is 15.1 Å². The molecule has 1 saturated heterocycles. The zero-order valence-electron chi connectivity index (χ0n) is 16.6. The third-order valence-corrected chi connectivity index (χ3v) is 7.94. The summed E-state index contributed by atoms with van der Waals surface area (Å²) in [5, 5.41) is -0.0335. The molecule has 2 aromatic carbocycles. The summed E-state index contributed by atoms with van der Waals surface area (Å²) < 4.78 is 32.2. The number of nitrogens with zero attached hydrogens (tertiary/aromatic N) is 1. The van der Waals surface area contributed by atoms with Crippen molar-refractivity contribution in [2.24, 2.45) is 0 Å². The molecular weight excluding hydrogens is 406 g/mol. The molecule has 1 heterocycles. The lowest BCUT2D eigenvalue weighted by atomic mass is 10.1. The Kier molecular flexibility index (Phi) is 7.75. The minimum atomic E-state index is -3.50. The Morgan fingerprint density at radius 1 is 1.10 bits per heavy atom. The molecule has 156 valence electrons. The first-order valence-electron chi connectivity index (χ1n) is 9.82. The molecule has 7 heteroatoms. The van der Waals surface area contributed by atoms with Gasteiger partial charge in [0.1, 0.15) is 5.75 Å². The first-order chi connectivity index (χ1) is 14.0. The van der Waals surface area contributed by atoms with E-state index < -0.39 is 16.1 Å². The fourth-order valence-corrected chi connectivity index (χ4v) is 6.28. The number of aryl methyl sites for hydroxylation is 1. The molecule has 0 N–H and O–H groups in total. The number of benzene rings is 2.